The fraction of sp³-hybridized carbons (Fsp3) is 0.385. The number of carbonyl (C=O) groups is 2. The molecule has 5 heteroatoms. The van der Waals surface area contributed by atoms with Gasteiger partial charge in [-0.25, -0.2) is 0 Å². The number of hydrogen-bond donors (Lipinski definition) is 2. The highest BCUT2D eigenvalue weighted by Crippen LogP contribution is 2.58. The molecule has 0 heterocycles. The number of hydrogen-bond acceptors (Lipinski definition) is 2. The van der Waals surface area contributed by atoms with Gasteiger partial charge in [-0.05, 0) is 17.5 Å². The molecule has 1 aliphatic carbocycles. The van der Waals surface area contributed by atoms with E-state index in [1.807, 2.05) is 0 Å². The molecule has 2 N–H and O–H groups in total. The van der Waals surface area contributed by atoms with Crippen LogP contribution in [0.1, 0.15) is 13.8 Å². The Hall–Kier alpha value is -1.55. The summed E-state index contributed by atoms with van der Waals surface area (Å²) in [5.41, 5.74) is 0.00739. The predicted molar refractivity (Wildman–Crippen MR) is 68.5 cm³/mol. The van der Waals surface area contributed by atoms with Crippen LogP contribution < -0.4 is 5.32 Å². The molecule has 18 heavy (non-hydrogen) atoms. The normalized spacial score (nSPS) is 24.4. The molecule has 1 aliphatic rings. The van der Waals surface area contributed by atoms with E-state index < -0.39 is 23.2 Å². The Bertz CT molecular complexity index is 513. The first-order chi connectivity index (χ1) is 8.35. The van der Waals surface area contributed by atoms with Crippen molar-refractivity contribution in [2.45, 2.75) is 13.8 Å². The van der Waals surface area contributed by atoms with Crippen molar-refractivity contribution in [1.82, 2.24) is 0 Å². The standard InChI is InChI=1S/C13H14ClNO3/c1-13(2)9(10(13)12(17)18)11(16)15-8-6-4-3-5-7(8)14/h3-6,9-10H,1-2H3,(H,15,16)(H,17,18)/t9-,10+/m1/s1. The SMILES string of the molecule is CC1(C)[C@H](C(=O)O)[C@@H]1C(=O)Nc1ccccc1Cl. The third-order valence-corrected chi connectivity index (χ3v) is 3.84. The Labute approximate surface area is 110 Å². The van der Waals surface area contributed by atoms with E-state index in [0.717, 1.165) is 0 Å². The number of carbonyl (C=O) groups excluding carboxylic acids is 1. The summed E-state index contributed by atoms with van der Waals surface area (Å²) >= 11 is 5.93. The Morgan fingerprint density at radius 2 is 1.89 bits per heavy atom. The van der Waals surface area contributed by atoms with Crippen LogP contribution in [0.25, 0.3) is 0 Å². The number of aliphatic carboxylic acids is 1. The molecule has 1 saturated carbocycles. The molecule has 0 bridgehead atoms. The third kappa shape index (κ3) is 2.08. The molecule has 96 valence electrons. The molecule has 0 radical (unpaired) electrons. The Kier molecular flexibility index (Phi) is 3.07. The first-order valence-corrected chi connectivity index (χ1v) is 6.01. The van der Waals surface area contributed by atoms with Crippen molar-refractivity contribution in [2.75, 3.05) is 5.32 Å². The second-order valence-electron chi connectivity index (χ2n) is 5.08. The molecule has 0 aromatic heterocycles. The van der Waals surface area contributed by atoms with E-state index in [1.165, 1.54) is 0 Å². The monoisotopic (exact) mass is 267 g/mol. The van der Waals surface area contributed by atoms with Gasteiger partial charge in [0.1, 0.15) is 0 Å². The van der Waals surface area contributed by atoms with Gasteiger partial charge in [0.05, 0.1) is 22.5 Å². The first kappa shape index (κ1) is 12.9. The van der Waals surface area contributed by atoms with Crippen LogP contribution >= 0.6 is 11.6 Å². The number of benzene rings is 1. The summed E-state index contributed by atoms with van der Waals surface area (Å²) in [5, 5.41) is 12.1. The maximum absolute atomic E-state index is 12.0. The molecule has 0 unspecified atom stereocenters. The lowest BCUT2D eigenvalue weighted by Crippen LogP contribution is -2.17. The van der Waals surface area contributed by atoms with E-state index >= 15 is 0 Å². The third-order valence-electron chi connectivity index (χ3n) is 3.51. The average molecular weight is 268 g/mol. The molecule has 0 spiro atoms. The van der Waals surface area contributed by atoms with Crippen molar-refractivity contribution in [2.24, 2.45) is 17.3 Å². The van der Waals surface area contributed by atoms with Gasteiger partial charge in [-0.2, -0.15) is 0 Å². The number of rotatable bonds is 3. The van der Waals surface area contributed by atoms with E-state index in [4.69, 9.17) is 16.7 Å². The minimum absolute atomic E-state index is 0.291. The van der Waals surface area contributed by atoms with Crippen molar-refractivity contribution < 1.29 is 14.7 Å². The summed E-state index contributed by atoms with van der Waals surface area (Å²) < 4.78 is 0. The van der Waals surface area contributed by atoms with Crippen LogP contribution in [-0.4, -0.2) is 17.0 Å². The second-order valence-corrected chi connectivity index (χ2v) is 5.49. The van der Waals surface area contributed by atoms with Gasteiger partial charge in [0, 0.05) is 0 Å². The second kappa shape index (κ2) is 4.28. The molecule has 0 aliphatic heterocycles. The quantitative estimate of drug-likeness (QED) is 0.885. The molecular weight excluding hydrogens is 254 g/mol. The van der Waals surface area contributed by atoms with Crippen LogP contribution in [0.5, 0.6) is 0 Å². The number of amides is 1. The maximum Gasteiger partial charge on any atom is 0.307 e. The summed E-state index contributed by atoms with van der Waals surface area (Å²) in [6, 6.07) is 6.88. The molecule has 4 nitrogen and oxygen atoms in total. The molecule has 1 aromatic rings. The largest absolute Gasteiger partial charge is 0.481 e. The summed E-state index contributed by atoms with van der Waals surface area (Å²) in [6.07, 6.45) is 0. The lowest BCUT2D eigenvalue weighted by Gasteiger charge is -2.07. The van der Waals surface area contributed by atoms with Gasteiger partial charge >= 0.3 is 5.97 Å². The van der Waals surface area contributed by atoms with E-state index in [9.17, 15) is 9.59 Å². The van der Waals surface area contributed by atoms with Gasteiger partial charge in [0.25, 0.3) is 0 Å². The highest BCUT2D eigenvalue weighted by atomic mass is 35.5. The number of halogens is 1. The first-order valence-electron chi connectivity index (χ1n) is 5.64. The molecule has 2 atom stereocenters. The lowest BCUT2D eigenvalue weighted by atomic mass is 10.1. The molecule has 2 rings (SSSR count). The van der Waals surface area contributed by atoms with Crippen LogP contribution in [0, 0.1) is 17.3 Å². The fourth-order valence-corrected chi connectivity index (χ4v) is 2.54. The lowest BCUT2D eigenvalue weighted by molar-refractivity contribution is -0.140. The molecule has 1 aromatic carbocycles. The van der Waals surface area contributed by atoms with Crippen LogP contribution in [0.2, 0.25) is 5.02 Å². The Morgan fingerprint density at radius 3 is 2.39 bits per heavy atom. The molecule has 1 fully saturated rings. The highest BCUT2D eigenvalue weighted by molar-refractivity contribution is 6.33. The summed E-state index contributed by atoms with van der Waals surface area (Å²) in [4.78, 5) is 23.0. The summed E-state index contributed by atoms with van der Waals surface area (Å²) in [6.45, 7) is 3.56. The van der Waals surface area contributed by atoms with E-state index in [2.05, 4.69) is 5.32 Å². The van der Waals surface area contributed by atoms with Crippen molar-refractivity contribution in [3.05, 3.63) is 29.3 Å². The topological polar surface area (TPSA) is 66.4 Å². The molecular formula is C13H14ClNO3. The smallest absolute Gasteiger partial charge is 0.307 e. The minimum atomic E-state index is -0.931. The number of para-hydroxylation sites is 1. The predicted octanol–water partition coefficient (Wildman–Crippen LogP) is 2.64. The number of nitrogens with one attached hydrogen (secondary N) is 1. The van der Waals surface area contributed by atoms with Gasteiger partial charge in [-0.3, -0.25) is 9.59 Å². The number of carboxylic acids is 1. The van der Waals surface area contributed by atoms with Crippen molar-refractivity contribution in [3.63, 3.8) is 0 Å². The summed E-state index contributed by atoms with van der Waals surface area (Å²) in [5.74, 6) is -2.36. The zero-order valence-corrected chi connectivity index (χ0v) is 10.9. The van der Waals surface area contributed by atoms with Crippen molar-refractivity contribution in [3.8, 4) is 0 Å². The van der Waals surface area contributed by atoms with Crippen LogP contribution in [0.15, 0.2) is 24.3 Å². The van der Waals surface area contributed by atoms with Crippen LogP contribution in [0.3, 0.4) is 0 Å². The van der Waals surface area contributed by atoms with Gasteiger partial charge in [-0.1, -0.05) is 37.6 Å². The highest BCUT2D eigenvalue weighted by Gasteiger charge is 2.65. The zero-order chi connectivity index (χ0) is 13.5. The maximum atomic E-state index is 12.0. The van der Waals surface area contributed by atoms with Crippen molar-refractivity contribution in [1.29, 1.82) is 0 Å². The minimum Gasteiger partial charge on any atom is -0.481 e. The van der Waals surface area contributed by atoms with Gasteiger partial charge in [0.2, 0.25) is 5.91 Å². The fourth-order valence-electron chi connectivity index (χ4n) is 2.36. The molecule has 0 saturated heterocycles. The van der Waals surface area contributed by atoms with E-state index in [0.29, 0.717) is 10.7 Å². The van der Waals surface area contributed by atoms with Crippen molar-refractivity contribution >= 4 is 29.2 Å². The van der Waals surface area contributed by atoms with Gasteiger partial charge in [-0.15, -0.1) is 0 Å². The average Bonchev–Trinajstić information content (AvgIpc) is 2.85. The Balaban J connectivity index is 2.11. The number of anilines is 1. The van der Waals surface area contributed by atoms with E-state index in [-0.39, 0.29) is 5.91 Å². The van der Waals surface area contributed by atoms with E-state index in [1.54, 1.807) is 38.1 Å². The van der Waals surface area contributed by atoms with Gasteiger partial charge < -0.3 is 10.4 Å². The van der Waals surface area contributed by atoms with Gasteiger partial charge in [0.15, 0.2) is 0 Å². The summed E-state index contributed by atoms with van der Waals surface area (Å²) in [7, 11) is 0. The number of carboxylic acid groups (broad SMARTS) is 1. The van der Waals surface area contributed by atoms with Crippen LogP contribution in [0.4, 0.5) is 5.69 Å². The molecule has 1 amide bonds. The van der Waals surface area contributed by atoms with Crippen LogP contribution in [-0.2, 0) is 9.59 Å². The zero-order valence-electron chi connectivity index (χ0n) is 10.1. The Morgan fingerprint density at radius 1 is 1.28 bits per heavy atom.